The Morgan fingerprint density at radius 2 is 0.362 bits per heavy atom. The smallest absolute Gasteiger partial charge is 0.124 e. The molecule has 0 saturated heterocycles. The second kappa shape index (κ2) is 439. The molecular formula is C114H258I6O7. The van der Waals surface area contributed by atoms with Crippen molar-refractivity contribution in [2.45, 2.75) is 461 Å². The molecule has 0 unspecified atom stereocenters. The summed E-state index contributed by atoms with van der Waals surface area (Å²) in [7, 11) is 16.2. The molecule has 0 bridgehead atoms. The normalized spacial score (nSPS) is 6.31. The zero-order valence-corrected chi connectivity index (χ0v) is 113. The van der Waals surface area contributed by atoms with Crippen LogP contribution in [0.3, 0.4) is 0 Å². The lowest BCUT2D eigenvalue weighted by Gasteiger charge is -2.04. The SMILES string of the molecule is C.C=C.CC.CC.CC.CC.CC.CC.CC.CC.CC.CC.CC.CC.CC.CC.CC.CC.CC.CC.CCC.CCC.CCC.CCC.CCC.CCC(I)(I)I.CCC(I)I.CCC=O.CCCI.CCCO.COC.COC.COC.COC.COC.Cc1ccccc1.Cc1ccccc1.Cc1ccccc1.Cc1ccccc1.Cc1ccccc1. The molecule has 0 atom stereocenters. The minimum Gasteiger partial charge on any atom is -0.396 e. The fraction of sp³-hybridized carbons (Fsp3) is 0.711. The van der Waals surface area contributed by atoms with Crippen molar-refractivity contribution in [2.24, 2.45) is 0 Å². The van der Waals surface area contributed by atoms with E-state index in [1.807, 2.05) is 354 Å². The molecule has 0 aromatic heterocycles. The van der Waals surface area contributed by atoms with Gasteiger partial charge in [0.2, 0.25) is 0 Å². The first kappa shape index (κ1) is 238. The fourth-order valence-electron chi connectivity index (χ4n) is 2.67. The molecule has 127 heavy (non-hydrogen) atoms. The summed E-state index contributed by atoms with van der Waals surface area (Å²) in [6.45, 7) is 120. The van der Waals surface area contributed by atoms with Gasteiger partial charge in [-0.3, -0.25) is 0 Å². The van der Waals surface area contributed by atoms with Crippen molar-refractivity contribution in [3.8, 4) is 0 Å². The predicted molar refractivity (Wildman–Crippen MR) is 683 cm³/mol. The molecule has 0 amide bonds. The Kier molecular flexibility index (Phi) is 824. The van der Waals surface area contributed by atoms with Crippen LogP contribution in [0, 0.1) is 34.6 Å². The zero-order valence-electron chi connectivity index (χ0n) is 99.7. The molecule has 5 aromatic rings. The van der Waals surface area contributed by atoms with Crippen molar-refractivity contribution in [1.82, 2.24) is 0 Å². The van der Waals surface area contributed by atoms with Crippen LogP contribution in [0.15, 0.2) is 165 Å². The van der Waals surface area contributed by atoms with Gasteiger partial charge in [-0.25, -0.2) is 0 Å². The number of methoxy groups -OCH3 is 5. The molecule has 0 spiro atoms. The summed E-state index contributed by atoms with van der Waals surface area (Å²) in [5.74, 6) is 0. The van der Waals surface area contributed by atoms with Crippen LogP contribution in [0.2, 0.25) is 0 Å². The van der Waals surface area contributed by atoms with Gasteiger partial charge in [-0.05, 0) is 64.7 Å². The lowest BCUT2D eigenvalue weighted by atomic mass is 10.2. The number of hydrogen-bond acceptors (Lipinski definition) is 7. The first-order chi connectivity index (χ1) is 60.7. The Bertz CT molecular complexity index is 1380. The summed E-state index contributed by atoms with van der Waals surface area (Å²) in [5, 5.41) is 7.88. The van der Waals surface area contributed by atoms with E-state index in [4.69, 9.17) is 5.11 Å². The highest BCUT2D eigenvalue weighted by Crippen LogP contribution is 2.38. The molecule has 1 N–H and O–H groups in total. The summed E-state index contributed by atoms with van der Waals surface area (Å²) >= 11 is 14.4. The molecule has 13 heteroatoms. The third-order valence-electron chi connectivity index (χ3n) is 5.99. The Morgan fingerprint density at radius 1 is 0.291 bits per heavy atom. The van der Waals surface area contributed by atoms with Gasteiger partial charge in [0, 0.05) is 84.1 Å². The largest absolute Gasteiger partial charge is 0.396 e. The number of hydrogen-bond donors (Lipinski definition) is 1. The number of carbonyl (C=O) groups is 1. The van der Waals surface area contributed by atoms with Crippen molar-refractivity contribution in [3.05, 3.63) is 193 Å². The summed E-state index contributed by atoms with van der Waals surface area (Å²) < 4.78 is 23.8. The summed E-state index contributed by atoms with van der Waals surface area (Å²) in [5.41, 5.74) is 6.61. The number of carbonyl (C=O) groups excluding carboxylic acids is 1. The Morgan fingerprint density at radius 3 is 0.378 bits per heavy atom. The first-order valence-corrected chi connectivity index (χ1v) is 56.5. The van der Waals surface area contributed by atoms with E-state index in [0.717, 1.165) is 14.6 Å². The van der Waals surface area contributed by atoms with E-state index in [2.05, 4.69) is 358 Å². The van der Waals surface area contributed by atoms with Crippen molar-refractivity contribution < 1.29 is 33.6 Å². The maximum absolute atomic E-state index is 9.17. The predicted octanol–water partition coefficient (Wildman–Crippen LogP) is 47.0. The second-order valence-corrected chi connectivity index (χ2v) is 35.8. The Balaban J connectivity index is -0.0000000210. The number of aryl methyl sites for hydroxylation is 5. The third-order valence-corrected chi connectivity index (χ3v) is 11.1. The van der Waals surface area contributed by atoms with E-state index in [0.29, 0.717) is 12.5 Å². The minimum absolute atomic E-state index is 0. The van der Waals surface area contributed by atoms with Crippen LogP contribution in [0.1, 0.15) is 453 Å². The Labute approximate surface area is 901 Å². The van der Waals surface area contributed by atoms with E-state index >= 15 is 0 Å². The Hall–Kier alpha value is -0.350. The van der Waals surface area contributed by atoms with Gasteiger partial charge in [0.25, 0.3) is 0 Å². The van der Waals surface area contributed by atoms with Crippen LogP contribution in [0.5, 0.6) is 0 Å². The van der Waals surface area contributed by atoms with Gasteiger partial charge in [0.05, 0.1) is 1.93 Å². The summed E-state index contributed by atoms with van der Waals surface area (Å²) in [6, 6.07) is 51.3. The topological polar surface area (TPSA) is 83.5 Å². The molecule has 0 radical (unpaired) electrons. The second-order valence-electron chi connectivity index (χ2n) is 17.6. The van der Waals surface area contributed by atoms with E-state index in [9.17, 15) is 4.79 Å². The molecular weight excluding hydrogens is 2240 g/mol. The van der Waals surface area contributed by atoms with Gasteiger partial charge < -0.3 is 33.6 Å². The molecule has 798 valence electrons. The maximum Gasteiger partial charge on any atom is 0.124 e. The number of ether oxygens (including phenoxy) is 5. The number of benzene rings is 5. The standard InChI is InChI=1S/5C7H8.C3H5I3.C3H6I2.C3H7I.C3H8O.C3H6O.5C3H8.5C2H6O.18C2H6.C2H4.CH4/c5*1-7-5-3-2-4-6-7;1-2-3(4,5)6;1-2-3(4)5;3*1-2-3-4;10*1-3-2;19*1-2;/h5*2-6H,1H3;2H2,1H3;3H,2H2,1H3;2-3H2,1H3;4H,2-3H2,1H3;3H,2H2,1H3;5*3H2,1-2H3;5*1-2H3;18*1-2H3;1-2H2;1H4. The molecule has 5 aromatic carbocycles. The van der Waals surface area contributed by atoms with Crippen LogP contribution in [0.25, 0.3) is 0 Å². The highest BCUT2D eigenvalue weighted by Gasteiger charge is 2.11. The molecule has 5 rings (SSSR count). The first-order valence-electron chi connectivity index (χ1n) is 49.2. The summed E-state index contributed by atoms with van der Waals surface area (Å²) in [4.78, 5) is 9.17. The molecule has 0 aliphatic carbocycles. The quantitative estimate of drug-likeness (QED) is 0.0812. The van der Waals surface area contributed by atoms with Crippen molar-refractivity contribution in [2.75, 3.05) is 82.1 Å². The maximum atomic E-state index is 9.17. The van der Waals surface area contributed by atoms with Gasteiger partial charge in [-0.1, -0.05) is 708 Å². The zero-order chi connectivity index (χ0) is 110. The van der Waals surface area contributed by atoms with Crippen LogP contribution in [0.4, 0.5) is 0 Å². The third kappa shape index (κ3) is 846. The lowest BCUT2D eigenvalue weighted by Crippen LogP contribution is -1.91. The molecule has 0 heterocycles. The van der Waals surface area contributed by atoms with Gasteiger partial charge in [-0.15, -0.1) is 13.2 Å². The number of halogens is 6. The van der Waals surface area contributed by atoms with Crippen molar-refractivity contribution >= 4 is 142 Å². The van der Waals surface area contributed by atoms with Crippen LogP contribution in [-0.4, -0.2) is 94.9 Å². The molecule has 0 saturated carbocycles. The van der Waals surface area contributed by atoms with E-state index in [1.165, 1.54) is 83.6 Å². The van der Waals surface area contributed by atoms with E-state index < -0.39 is 0 Å². The van der Waals surface area contributed by atoms with Crippen LogP contribution < -0.4 is 0 Å². The van der Waals surface area contributed by atoms with Gasteiger partial charge in [0.15, 0.2) is 0 Å². The van der Waals surface area contributed by atoms with Crippen molar-refractivity contribution in [3.63, 3.8) is 0 Å². The average Bonchev–Trinajstić information content (AvgIpc) is 1.05. The van der Waals surface area contributed by atoms with Gasteiger partial charge in [-0.2, -0.15) is 0 Å². The van der Waals surface area contributed by atoms with E-state index in [1.54, 1.807) is 71.1 Å². The monoisotopic (exact) mass is 2500 g/mol. The molecule has 0 aliphatic rings. The number of rotatable bonds is 5. The summed E-state index contributed by atoms with van der Waals surface area (Å²) in [6.07, 6.45) is 12.5. The lowest BCUT2D eigenvalue weighted by molar-refractivity contribution is -0.107. The number of aldehydes is 1. The highest BCUT2D eigenvalue weighted by atomic mass is 127. The fourth-order valence-corrected chi connectivity index (χ4v) is 2.67. The van der Waals surface area contributed by atoms with Crippen molar-refractivity contribution in [1.29, 1.82) is 0 Å². The molecule has 0 aliphatic heterocycles. The van der Waals surface area contributed by atoms with Crippen LogP contribution in [-0.2, 0) is 28.5 Å². The molecule has 7 nitrogen and oxygen atoms in total. The average molecular weight is 2500 g/mol. The van der Waals surface area contributed by atoms with Gasteiger partial charge >= 0.3 is 0 Å². The molecule has 0 fully saturated rings. The minimum atomic E-state index is 0. The number of alkyl halides is 6. The number of aliphatic hydroxyl groups excluding tert-OH is 1. The number of aliphatic hydroxyl groups is 1. The highest BCUT2D eigenvalue weighted by molar-refractivity contribution is 14.3. The van der Waals surface area contributed by atoms with Gasteiger partial charge in [0.1, 0.15) is 5.72 Å². The van der Waals surface area contributed by atoms with Crippen LogP contribution >= 0.6 is 136 Å². The van der Waals surface area contributed by atoms with E-state index in [-0.39, 0.29) is 7.43 Å².